The van der Waals surface area contributed by atoms with Gasteiger partial charge in [0.1, 0.15) is 0 Å². The highest BCUT2D eigenvalue weighted by Gasteiger charge is 2.15. The van der Waals surface area contributed by atoms with Crippen LogP contribution in [0, 0.1) is 5.92 Å². The first kappa shape index (κ1) is 13.0. The van der Waals surface area contributed by atoms with Gasteiger partial charge in [0, 0.05) is 10.6 Å². The molecule has 1 fully saturated rings. The minimum Gasteiger partial charge on any atom is -0.293 e. The molecule has 0 unspecified atom stereocenters. The lowest BCUT2D eigenvalue weighted by Gasteiger charge is -2.07. The predicted octanol–water partition coefficient (Wildman–Crippen LogP) is 4.45. The lowest BCUT2D eigenvalue weighted by molar-refractivity contribution is 0.102. The number of carbonyl (C=O) groups is 1. The third kappa shape index (κ3) is 4.04. The molecule has 0 heterocycles. The van der Waals surface area contributed by atoms with Crippen molar-refractivity contribution in [2.75, 3.05) is 11.5 Å². The first-order valence-corrected chi connectivity index (χ1v) is 7.65. The zero-order valence-electron chi connectivity index (χ0n) is 9.82. The molecule has 0 spiro atoms. The van der Waals surface area contributed by atoms with E-state index in [-0.39, 0.29) is 5.78 Å². The SMILES string of the molecule is O=C(CSCC1CCCC1)c1cccc(Cl)c1. The van der Waals surface area contributed by atoms with E-state index in [1.54, 1.807) is 23.9 Å². The number of Topliss-reactive ketones (excluding diaryl/α,β-unsaturated/α-hetero) is 1. The van der Waals surface area contributed by atoms with Crippen molar-refractivity contribution in [3.8, 4) is 0 Å². The van der Waals surface area contributed by atoms with Gasteiger partial charge in [0.05, 0.1) is 5.75 Å². The van der Waals surface area contributed by atoms with Gasteiger partial charge in [-0.25, -0.2) is 0 Å². The predicted molar refractivity (Wildman–Crippen MR) is 75.1 cm³/mol. The van der Waals surface area contributed by atoms with Crippen molar-refractivity contribution in [2.24, 2.45) is 5.92 Å². The normalized spacial score (nSPS) is 16.3. The average molecular weight is 269 g/mol. The Labute approximate surface area is 112 Å². The zero-order chi connectivity index (χ0) is 12.1. The quantitative estimate of drug-likeness (QED) is 0.734. The summed E-state index contributed by atoms with van der Waals surface area (Å²) in [4.78, 5) is 11.9. The molecule has 1 nitrogen and oxygen atoms in total. The molecule has 2 rings (SSSR count). The van der Waals surface area contributed by atoms with Gasteiger partial charge in [-0.15, -0.1) is 0 Å². The van der Waals surface area contributed by atoms with Crippen LogP contribution < -0.4 is 0 Å². The minimum absolute atomic E-state index is 0.190. The van der Waals surface area contributed by atoms with E-state index < -0.39 is 0 Å². The van der Waals surface area contributed by atoms with Gasteiger partial charge in [-0.3, -0.25) is 4.79 Å². The van der Waals surface area contributed by atoms with Gasteiger partial charge in [0.2, 0.25) is 0 Å². The second-order valence-corrected chi connectivity index (χ2v) is 6.07. The van der Waals surface area contributed by atoms with Crippen LogP contribution in [0.4, 0.5) is 0 Å². The summed E-state index contributed by atoms with van der Waals surface area (Å²) in [6.45, 7) is 0. The summed E-state index contributed by atoms with van der Waals surface area (Å²) in [5.74, 6) is 2.74. The Hall–Kier alpha value is -0.470. The molecule has 0 saturated heterocycles. The third-order valence-electron chi connectivity index (χ3n) is 3.21. The summed E-state index contributed by atoms with van der Waals surface area (Å²) in [5.41, 5.74) is 0.733. The van der Waals surface area contributed by atoms with Crippen LogP contribution in [-0.4, -0.2) is 17.3 Å². The Bertz CT molecular complexity index is 386. The summed E-state index contributed by atoms with van der Waals surface area (Å²) < 4.78 is 0. The molecule has 1 aliphatic carbocycles. The van der Waals surface area contributed by atoms with Crippen molar-refractivity contribution in [1.29, 1.82) is 0 Å². The highest BCUT2D eigenvalue weighted by molar-refractivity contribution is 7.99. The Morgan fingerprint density at radius 1 is 1.35 bits per heavy atom. The van der Waals surface area contributed by atoms with Gasteiger partial charge >= 0.3 is 0 Å². The number of benzene rings is 1. The van der Waals surface area contributed by atoms with Gasteiger partial charge in [0.25, 0.3) is 0 Å². The summed E-state index contributed by atoms with van der Waals surface area (Å²) in [6, 6.07) is 7.21. The fraction of sp³-hybridized carbons (Fsp3) is 0.500. The number of hydrogen-bond donors (Lipinski definition) is 0. The third-order valence-corrected chi connectivity index (χ3v) is 4.62. The molecule has 0 N–H and O–H groups in total. The molecule has 1 aromatic carbocycles. The number of rotatable bonds is 5. The summed E-state index contributed by atoms with van der Waals surface area (Å²) in [5, 5.41) is 0.636. The number of halogens is 1. The smallest absolute Gasteiger partial charge is 0.172 e. The van der Waals surface area contributed by atoms with Crippen molar-refractivity contribution in [2.45, 2.75) is 25.7 Å². The summed E-state index contributed by atoms with van der Waals surface area (Å²) in [7, 11) is 0. The van der Waals surface area contributed by atoms with Crippen LogP contribution in [0.1, 0.15) is 36.0 Å². The fourth-order valence-electron chi connectivity index (χ4n) is 2.24. The maximum atomic E-state index is 11.9. The van der Waals surface area contributed by atoms with Crippen LogP contribution in [-0.2, 0) is 0 Å². The van der Waals surface area contributed by atoms with Crippen molar-refractivity contribution < 1.29 is 4.79 Å². The molecule has 92 valence electrons. The number of ketones is 1. The van der Waals surface area contributed by atoms with Crippen molar-refractivity contribution in [3.63, 3.8) is 0 Å². The van der Waals surface area contributed by atoms with Crippen LogP contribution in [0.2, 0.25) is 5.02 Å². The maximum Gasteiger partial charge on any atom is 0.172 e. The Morgan fingerprint density at radius 2 is 2.12 bits per heavy atom. The Morgan fingerprint density at radius 3 is 2.82 bits per heavy atom. The Balaban J connectivity index is 1.77. The summed E-state index contributed by atoms with van der Waals surface area (Å²) >= 11 is 7.63. The lowest BCUT2D eigenvalue weighted by atomic mass is 10.1. The van der Waals surface area contributed by atoms with Crippen LogP contribution >= 0.6 is 23.4 Å². The molecular weight excluding hydrogens is 252 g/mol. The van der Waals surface area contributed by atoms with E-state index in [1.807, 2.05) is 12.1 Å². The first-order valence-electron chi connectivity index (χ1n) is 6.12. The second kappa shape index (κ2) is 6.46. The number of hydrogen-bond acceptors (Lipinski definition) is 2. The summed E-state index contributed by atoms with van der Waals surface area (Å²) in [6.07, 6.45) is 5.43. The fourth-order valence-corrected chi connectivity index (χ4v) is 3.57. The molecule has 3 heteroatoms. The molecule has 0 radical (unpaired) electrons. The average Bonchev–Trinajstić information content (AvgIpc) is 2.82. The van der Waals surface area contributed by atoms with E-state index in [0.717, 1.165) is 17.2 Å². The van der Waals surface area contributed by atoms with E-state index in [9.17, 15) is 4.79 Å². The molecule has 0 aromatic heterocycles. The second-order valence-electron chi connectivity index (χ2n) is 4.60. The molecule has 1 aromatic rings. The van der Waals surface area contributed by atoms with E-state index in [1.165, 1.54) is 25.7 Å². The highest BCUT2D eigenvalue weighted by atomic mass is 35.5. The minimum atomic E-state index is 0.190. The van der Waals surface area contributed by atoms with Gasteiger partial charge in [-0.1, -0.05) is 36.6 Å². The van der Waals surface area contributed by atoms with Crippen molar-refractivity contribution in [1.82, 2.24) is 0 Å². The molecule has 1 aliphatic rings. The van der Waals surface area contributed by atoms with Crippen molar-refractivity contribution >= 4 is 29.1 Å². The van der Waals surface area contributed by atoms with E-state index in [0.29, 0.717) is 10.8 Å². The van der Waals surface area contributed by atoms with E-state index in [2.05, 4.69) is 0 Å². The molecule has 0 atom stereocenters. The number of carbonyl (C=O) groups excluding carboxylic acids is 1. The highest BCUT2D eigenvalue weighted by Crippen LogP contribution is 2.28. The van der Waals surface area contributed by atoms with Crippen LogP contribution in [0.25, 0.3) is 0 Å². The first-order chi connectivity index (χ1) is 8.25. The number of thioether (sulfide) groups is 1. The maximum absolute atomic E-state index is 11.9. The van der Waals surface area contributed by atoms with Crippen LogP contribution in [0.3, 0.4) is 0 Å². The molecular formula is C14H17ClOS. The van der Waals surface area contributed by atoms with Crippen LogP contribution in [0.5, 0.6) is 0 Å². The molecule has 0 aliphatic heterocycles. The molecule has 0 bridgehead atoms. The van der Waals surface area contributed by atoms with E-state index in [4.69, 9.17) is 11.6 Å². The molecule has 1 saturated carbocycles. The van der Waals surface area contributed by atoms with Crippen molar-refractivity contribution in [3.05, 3.63) is 34.9 Å². The molecule has 17 heavy (non-hydrogen) atoms. The Kier molecular flexibility index (Phi) is 4.93. The molecule has 0 amide bonds. The topological polar surface area (TPSA) is 17.1 Å². The van der Waals surface area contributed by atoms with E-state index >= 15 is 0 Å². The van der Waals surface area contributed by atoms with Gasteiger partial charge < -0.3 is 0 Å². The standard InChI is InChI=1S/C14H17ClOS/c15-13-7-3-6-12(8-13)14(16)10-17-9-11-4-1-2-5-11/h3,6-8,11H,1-2,4-5,9-10H2. The lowest BCUT2D eigenvalue weighted by Crippen LogP contribution is -2.05. The zero-order valence-corrected chi connectivity index (χ0v) is 11.4. The largest absolute Gasteiger partial charge is 0.293 e. The van der Waals surface area contributed by atoms with Gasteiger partial charge in [0.15, 0.2) is 5.78 Å². The van der Waals surface area contributed by atoms with Gasteiger partial charge in [-0.2, -0.15) is 11.8 Å². The monoisotopic (exact) mass is 268 g/mol. The van der Waals surface area contributed by atoms with Crippen LogP contribution in [0.15, 0.2) is 24.3 Å². The van der Waals surface area contributed by atoms with Gasteiger partial charge in [-0.05, 0) is 36.6 Å².